The van der Waals surface area contributed by atoms with Crippen LogP contribution in [0.15, 0.2) is 18.2 Å². The van der Waals surface area contributed by atoms with Crippen molar-refractivity contribution in [3.05, 3.63) is 23.8 Å². The second kappa shape index (κ2) is 5.71. The lowest BCUT2D eigenvalue weighted by Crippen LogP contribution is -2.45. The van der Waals surface area contributed by atoms with E-state index in [4.69, 9.17) is 11.5 Å². The quantitative estimate of drug-likeness (QED) is 0.780. The van der Waals surface area contributed by atoms with Crippen LogP contribution in [-0.4, -0.2) is 23.6 Å². The van der Waals surface area contributed by atoms with E-state index in [1.807, 2.05) is 19.1 Å². The number of carbonyl (C=O) groups excluding carboxylic acids is 1. The molecule has 1 heterocycles. The molecule has 1 aromatic carbocycles. The minimum atomic E-state index is -0.252. The minimum Gasteiger partial charge on any atom is -0.508 e. The fourth-order valence-corrected chi connectivity index (χ4v) is 2.79. The van der Waals surface area contributed by atoms with Gasteiger partial charge in [0.25, 0.3) is 0 Å². The molecule has 0 saturated carbocycles. The van der Waals surface area contributed by atoms with Crippen LogP contribution in [0.3, 0.4) is 0 Å². The maximum atomic E-state index is 11.4. The number of carbonyl (C=O) groups is 1. The van der Waals surface area contributed by atoms with Crippen molar-refractivity contribution in [3.8, 4) is 5.75 Å². The fourth-order valence-electron chi connectivity index (χ4n) is 2.79. The lowest BCUT2D eigenvalue weighted by molar-refractivity contribution is -0.122. The SMILES string of the molecule is CC(N)c1ccc(N2CC(C(N)=O)CCC2C)cc1O. The Balaban J connectivity index is 2.25. The Morgan fingerprint density at radius 3 is 2.70 bits per heavy atom. The van der Waals surface area contributed by atoms with Crippen molar-refractivity contribution in [2.45, 2.75) is 38.8 Å². The summed E-state index contributed by atoms with van der Waals surface area (Å²) in [6.45, 7) is 4.56. The van der Waals surface area contributed by atoms with Gasteiger partial charge in [0, 0.05) is 35.9 Å². The average molecular weight is 277 g/mol. The van der Waals surface area contributed by atoms with Gasteiger partial charge in [0.05, 0.1) is 5.92 Å². The molecule has 3 atom stereocenters. The molecule has 1 aliphatic rings. The number of amides is 1. The summed E-state index contributed by atoms with van der Waals surface area (Å²) in [6.07, 6.45) is 1.75. The van der Waals surface area contributed by atoms with Gasteiger partial charge in [-0.2, -0.15) is 0 Å². The van der Waals surface area contributed by atoms with Gasteiger partial charge in [-0.3, -0.25) is 4.79 Å². The van der Waals surface area contributed by atoms with Crippen LogP contribution < -0.4 is 16.4 Å². The first kappa shape index (κ1) is 14.7. The molecule has 20 heavy (non-hydrogen) atoms. The number of anilines is 1. The number of piperidine rings is 1. The van der Waals surface area contributed by atoms with Crippen molar-refractivity contribution in [2.24, 2.45) is 17.4 Å². The predicted octanol–water partition coefficient (Wildman–Crippen LogP) is 1.50. The zero-order valence-electron chi connectivity index (χ0n) is 12.0. The summed E-state index contributed by atoms with van der Waals surface area (Å²) in [5.74, 6) is -0.175. The van der Waals surface area contributed by atoms with Crippen molar-refractivity contribution in [2.75, 3.05) is 11.4 Å². The fraction of sp³-hybridized carbons (Fsp3) is 0.533. The summed E-state index contributed by atoms with van der Waals surface area (Å²) in [7, 11) is 0. The van der Waals surface area contributed by atoms with Crippen LogP contribution in [0, 0.1) is 5.92 Å². The van der Waals surface area contributed by atoms with E-state index in [2.05, 4.69) is 11.8 Å². The number of benzene rings is 1. The molecule has 5 N–H and O–H groups in total. The van der Waals surface area contributed by atoms with E-state index in [-0.39, 0.29) is 23.6 Å². The van der Waals surface area contributed by atoms with Crippen LogP contribution in [0.1, 0.15) is 38.3 Å². The molecule has 5 nitrogen and oxygen atoms in total. The molecule has 1 saturated heterocycles. The van der Waals surface area contributed by atoms with Crippen LogP contribution >= 0.6 is 0 Å². The van der Waals surface area contributed by atoms with Crippen molar-refractivity contribution < 1.29 is 9.90 Å². The first-order valence-corrected chi connectivity index (χ1v) is 7.04. The second-order valence-electron chi connectivity index (χ2n) is 5.71. The van der Waals surface area contributed by atoms with Gasteiger partial charge in [-0.15, -0.1) is 0 Å². The summed E-state index contributed by atoms with van der Waals surface area (Å²) in [6, 6.07) is 5.62. The van der Waals surface area contributed by atoms with E-state index in [1.54, 1.807) is 6.07 Å². The summed E-state index contributed by atoms with van der Waals surface area (Å²) in [5, 5.41) is 10.1. The minimum absolute atomic E-state index is 0.124. The molecular weight excluding hydrogens is 254 g/mol. The number of hydrogen-bond acceptors (Lipinski definition) is 4. The van der Waals surface area contributed by atoms with Gasteiger partial charge in [-0.1, -0.05) is 6.07 Å². The highest BCUT2D eigenvalue weighted by atomic mass is 16.3. The van der Waals surface area contributed by atoms with Crippen LogP contribution in [0.5, 0.6) is 5.75 Å². The Hall–Kier alpha value is -1.75. The van der Waals surface area contributed by atoms with E-state index in [9.17, 15) is 9.90 Å². The maximum absolute atomic E-state index is 11.4. The molecule has 0 aromatic heterocycles. The average Bonchev–Trinajstić information content (AvgIpc) is 2.38. The zero-order valence-corrected chi connectivity index (χ0v) is 12.0. The number of nitrogens with two attached hydrogens (primary N) is 2. The molecule has 110 valence electrons. The largest absolute Gasteiger partial charge is 0.508 e. The summed E-state index contributed by atoms with van der Waals surface area (Å²) >= 11 is 0. The number of phenolic OH excluding ortho intramolecular Hbond substituents is 1. The molecule has 1 amide bonds. The van der Waals surface area contributed by atoms with E-state index in [1.165, 1.54) is 0 Å². The maximum Gasteiger partial charge on any atom is 0.222 e. The van der Waals surface area contributed by atoms with Crippen LogP contribution in [-0.2, 0) is 4.79 Å². The van der Waals surface area contributed by atoms with E-state index < -0.39 is 0 Å². The van der Waals surface area contributed by atoms with Gasteiger partial charge in [0.15, 0.2) is 0 Å². The first-order valence-electron chi connectivity index (χ1n) is 7.04. The molecule has 1 aromatic rings. The smallest absolute Gasteiger partial charge is 0.222 e. The first-order chi connectivity index (χ1) is 9.40. The molecule has 3 unspecified atom stereocenters. The molecule has 0 spiro atoms. The number of nitrogens with zero attached hydrogens (tertiary/aromatic N) is 1. The van der Waals surface area contributed by atoms with Crippen molar-refractivity contribution in [1.82, 2.24) is 0 Å². The summed E-state index contributed by atoms with van der Waals surface area (Å²) < 4.78 is 0. The number of primary amides is 1. The molecule has 1 aliphatic heterocycles. The Morgan fingerprint density at radius 1 is 1.45 bits per heavy atom. The molecular formula is C15H23N3O2. The topological polar surface area (TPSA) is 92.6 Å². The number of rotatable bonds is 3. The third kappa shape index (κ3) is 2.88. The molecule has 2 rings (SSSR count). The van der Waals surface area contributed by atoms with Crippen LogP contribution in [0.25, 0.3) is 0 Å². The standard InChI is InChI=1S/C15H23N3O2/c1-9-3-4-11(15(17)20)8-18(9)12-5-6-13(10(2)16)14(19)7-12/h5-7,9-11,19H,3-4,8,16H2,1-2H3,(H2,17,20). The predicted molar refractivity (Wildman–Crippen MR) is 79.4 cm³/mol. The zero-order chi connectivity index (χ0) is 14.9. The lowest BCUT2D eigenvalue weighted by Gasteiger charge is -2.38. The summed E-state index contributed by atoms with van der Waals surface area (Å²) in [4.78, 5) is 13.5. The Kier molecular flexibility index (Phi) is 4.18. The number of hydrogen-bond donors (Lipinski definition) is 3. The van der Waals surface area contributed by atoms with Crippen molar-refractivity contribution in [3.63, 3.8) is 0 Å². The summed E-state index contributed by atoms with van der Waals surface area (Å²) in [5.41, 5.74) is 12.8. The van der Waals surface area contributed by atoms with Gasteiger partial charge >= 0.3 is 0 Å². The highest BCUT2D eigenvalue weighted by molar-refractivity contribution is 5.77. The third-order valence-corrected chi connectivity index (χ3v) is 4.12. The van der Waals surface area contributed by atoms with Crippen LogP contribution in [0.4, 0.5) is 5.69 Å². The molecule has 0 bridgehead atoms. The van der Waals surface area contributed by atoms with Crippen LogP contribution in [0.2, 0.25) is 0 Å². The number of aromatic hydroxyl groups is 1. The highest BCUT2D eigenvalue weighted by Gasteiger charge is 2.29. The molecule has 1 fully saturated rings. The van der Waals surface area contributed by atoms with Crippen molar-refractivity contribution in [1.29, 1.82) is 0 Å². The van der Waals surface area contributed by atoms with Gasteiger partial charge in [-0.25, -0.2) is 0 Å². The Labute approximate surface area is 119 Å². The van der Waals surface area contributed by atoms with E-state index in [0.29, 0.717) is 12.6 Å². The molecule has 5 heteroatoms. The van der Waals surface area contributed by atoms with E-state index >= 15 is 0 Å². The van der Waals surface area contributed by atoms with Gasteiger partial charge in [0.2, 0.25) is 5.91 Å². The molecule has 0 radical (unpaired) electrons. The molecule has 0 aliphatic carbocycles. The Morgan fingerprint density at radius 2 is 2.15 bits per heavy atom. The van der Waals surface area contributed by atoms with Gasteiger partial charge in [0.1, 0.15) is 5.75 Å². The van der Waals surface area contributed by atoms with Crippen molar-refractivity contribution >= 4 is 11.6 Å². The monoisotopic (exact) mass is 277 g/mol. The normalized spacial score (nSPS) is 24.4. The highest BCUT2D eigenvalue weighted by Crippen LogP contribution is 2.32. The second-order valence-corrected chi connectivity index (χ2v) is 5.71. The van der Waals surface area contributed by atoms with Gasteiger partial charge < -0.3 is 21.5 Å². The Bertz CT molecular complexity index is 502. The van der Waals surface area contributed by atoms with Gasteiger partial charge in [-0.05, 0) is 32.8 Å². The number of phenols is 1. The van der Waals surface area contributed by atoms with E-state index in [0.717, 1.165) is 24.1 Å². The third-order valence-electron chi connectivity index (χ3n) is 4.12. The lowest BCUT2D eigenvalue weighted by atomic mass is 9.92.